The molecule has 5 aromatic rings. The fraction of sp³-hybridized carbons (Fsp3) is 0.0889. The summed E-state index contributed by atoms with van der Waals surface area (Å²) < 4.78 is 1.42. The first-order valence-corrected chi connectivity index (χ1v) is 17.2. The van der Waals surface area contributed by atoms with E-state index in [2.05, 4.69) is 184 Å². The normalized spacial score (nSPS) is 16.8. The second-order valence-corrected chi connectivity index (χ2v) is 13.5. The van der Waals surface area contributed by atoms with Gasteiger partial charge >= 0.3 is 99.2 Å². The molecule has 0 amide bonds. The Kier molecular flexibility index (Phi) is 11.5. The van der Waals surface area contributed by atoms with Gasteiger partial charge < -0.3 is 24.8 Å². The van der Waals surface area contributed by atoms with E-state index in [4.69, 9.17) is 0 Å². The summed E-state index contributed by atoms with van der Waals surface area (Å²) in [4.78, 5) is 0. The van der Waals surface area contributed by atoms with Crippen LogP contribution in [-0.2, 0) is 29.7 Å². The van der Waals surface area contributed by atoms with E-state index in [1.54, 1.807) is 0 Å². The number of allylic oxidation sites excluding steroid dienone is 8. The Bertz CT molecular complexity index is 2130. The van der Waals surface area contributed by atoms with Gasteiger partial charge in [0.2, 0.25) is 0 Å². The standard InChI is InChI=1S/C32H25.C13H10.2ClH.Zr/c1-22-19-25-21-29-27(30(25)28(20-22)23-11-5-3-6-12-23)17-18-32(2,26-15-7-4-8-16-26)31(29)24-13-9-10-14-24;1-3-7-12(8-4-1)11-13-9-5-2-6-10-13;;;/h3-13,15-20H,14H2,1-2H3;1-10H;2*1H;/q-1;;;;+2/p-2. The average Bonchev–Trinajstić information content (AvgIpc) is 3.77. The molecule has 234 valence electrons. The minimum atomic E-state index is -0.186. The van der Waals surface area contributed by atoms with Gasteiger partial charge in [0.1, 0.15) is 0 Å². The summed E-state index contributed by atoms with van der Waals surface area (Å²) in [5.41, 5.74) is 13.0. The Labute approximate surface area is 311 Å². The number of rotatable bonds is 5. The fourth-order valence-electron chi connectivity index (χ4n) is 6.83. The van der Waals surface area contributed by atoms with Crippen LogP contribution in [0.2, 0.25) is 0 Å². The molecule has 1 atom stereocenters. The van der Waals surface area contributed by atoms with Crippen LogP contribution in [0.25, 0.3) is 22.8 Å². The van der Waals surface area contributed by atoms with Crippen molar-refractivity contribution in [2.24, 2.45) is 0 Å². The second kappa shape index (κ2) is 15.6. The van der Waals surface area contributed by atoms with Gasteiger partial charge in [-0.2, -0.15) is 0 Å². The Balaban J connectivity index is 0.000000239. The van der Waals surface area contributed by atoms with Gasteiger partial charge in [0.15, 0.2) is 0 Å². The van der Waals surface area contributed by atoms with Crippen LogP contribution >= 0.6 is 0 Å². The summed E-state index contributed by atoms with van der Waals surface area (Å²) in [5.74, 6) is 0. The molecule has 0 aliphatic heterocycles. The molecule has 0 radical (unpaired) electrons. The second-order valence-electron chi connectivity index (χ2n) is 12.2. The molecule has 0 spiro atoms. The van der Waals surface area contributed by atoms with Crippen LogP contribution in [0.1, 0.15) is 35.6 Å². The molecule has 0 fully saturated rings. The molecule has 3 aliphatic rings. The monoisotopic (exact) mass is 735 g/mol. The zero-order valence-corrected chi connectivity index (χ0v) is 31.0. The van der Waals surface area contributed by atoms with E-state index >= 15 is 0 Å². The zero-order valence-electron chi connectivity index (χ0n) is 27.1. The third-order valence-electron chi connectivity index (χ3n) is 9.11. The summed E-state index contributed by atoms with van der Waals surface area (Å²) in [6.07, 6.45) is 16.3. The first-order chi connectivity index (χ1) is 22.5. The first kappa shape index (κ1) is 35.4. The van der Waals surface area contributed by atoms with Gasteiger partial charge in [-0.05, 0) is 24.5 Å². The number of halogens is 2. The van der Waals surface area contributed by atoms with Crippen molar-refractivity contribution in [2.45, 2.75) is 25.7 Å². The summed E-state index contributed by atoms with van der Waals surface area (Å²) in [6, 6.07) is 47.3. The molecular formula is C45H35Cl2Zr-. The van der Waals surface area contributed by atoms with Crippen molar-refractivity contribution in [3.63, 3.8) is 0 Å². The molecule has 0 bridgehead atoms. The van der Waals surface area contributed by atoms with Crippen molar-refractivity contribution < 1.29 is 49.0 Å². The molecule has 0 saturated carbocycles. The molecule has 3 aliphatic carbocycles. The predicted molar refractivity (Wildman–Crippen MR) is 191 cm³/mol. The number of hydrogen-bond donors (Lipinski definition) is 0. The summed E-state index contributed by atoms with van der Waals surface area (Å²) in [5, 5.41) is 2.52. The molecule has 0 heterocycles. The van der Waals surface area contributed by atoms with Gasteiger partial charge in [-0.1, -0.05) is 126 Å². The topological polar surface area (TPSA) is 0 Å². The van der Waals surface area contributed by atoms with E-state index in [1.807, 2.05) is 0 Å². The molecular weight excluding hydrogens is 703 g/mol. The van der Waals surface area contributed by atoms with Crippen LogP contribution in [0.15, 0.2) is 181 Å². The maximum absolute atomic E-state index is 3.86. The minimum absolute atomic E-state index is 0. The molecule has 1 unspecified atom stereocenters. The van der Waals surface area contributed by atoms with Crippen LogP contribution < -0.4 is 35.3 Å². The van der Waals surface area contributed by atoms with E-state index in [1.165, 1.54) is 93.6 Å². The Hall–Kier alpha value is -3.87. The van der Waals surface area contributed by atoms with Gasteiger partial charge in [0, 0.05) is 5.41 Å². The quantitative estimate of drug-likeness (QED) is 0.244. The van der Waals surface area contributed by atoms with Crippen molar-refractivity contribution in [3.8, 4) is 11.1 Å². The van der Waals surface area contributed by atoms with E-state index < -0.39 is 0 Å². The zero-order chi connectivity index (χ0) is 31.5. The number of fused-ring (bicyclic) bond motifs is 2. The summed E-state index contributed by atoms with van der Waals surface area (Å²) in [6.45, 7) is 4.54. The summed E-state index contributed by atoms with van der Waals surface area (Å²) >= 11 is 1.46. The van der Waals surface area contributed by atoms with E-state index in [0.717, 1.165) is 6.42 Å². The van der Waals surface area contributed by atoms with Gasteiger partial charge in [-0.3, -0.25) is 0 Å². The van der Waals surface area contributed by atoms with E-state index in [9.17, 15) is 0 Å². The van der Waals surface area contributed by atoms with Crippen molar-refractivity contribution in [1.82, 2.24) is 0 Å². The molecule has 48 heavy (non-hydrogen) atoms. The molecule has 3 heteroatoms. The Morgan fingerprint density at radius 1 is 0.729 bits per heavy atom. The van der Waals surface area contributed by atoms with Crippen molar-refractivity contribution in [2.75, 3.05) is 0 Å². The van der Waals surface area contributed by atoms with Gasteiger partial charge in [-0.15, -0.1) is 33.7 Å². The van der Waals surface area contributed by atoms with Crippen LogP contribution in [0.3, 0.4) is 0 Å². The van der Waals surface area contributed by atoms with Crippen LogP contribution in [0.5, 0.6) is 0 Å². The Morgan fingerprint density at radius 2 is 1.29 bits per heavy atom. The fourth-order valence-corrected chi connectivity index (χ4v) is 7.65. The van der Waals surface area contributed by atoms with Crippen molar-refractivity contribution >= 4 is 14.9 Å². The van der Waals surface area contributed by atoms with Gasteiger partial charge in [0.25, 0.3) is 0 Å². The average molecular weight is 738 g/mol. The third kappa shape index (κ3) is 6.97. The summed E-state index contributed by atoms with van der Waals surface area (Å²) in [7, 11) is 0. The SMILES string of the molecule is Cc1cc(-c2ccccc2)c2c(c1)=[C-]C1=C(C3=CC=CC3)C(C)(c3ccccc3)C=CC=21.[Cl-].[Cl-].[Zr+2]=[C](c1ccccc1)c1ccccc1. The molecule has 0 nitrogen and oxygen atoms in total. The molecule has 0 N–H and O–H groups in total. The van der Waals surface area contributed by atoms with Gasteiger partial charge in [0.05, 0.1) is 0 Å². The first-order valence-electron chi connectivity index (χ1n) is 15.9. The number of benzene rings is 5. The van der Waals surface area contributed by atoms with Crippen LogP contribution in [0, 0.1) is 6.92 Å². The molecule has 5 aromatic carbocycles. The van der Waals surface area contributed by atoms with Crippen molar-refractivity contribution in [1.29, 1.82) is 0 Å². The molecule has 0 saturated heterocycles. The van der Waals surface area contributed by atoms with Crippen LogP contribution in [0.4, 0.5) is 0 Å². The van der Waals surface area contributed by atoms with E-state index in [-0.39, 0.29) is 30.2 Å². The maximum atomic E-state index is 3.86. The number of aryl methyl sites for hydroxylation is 1. The Morgan fingerprint density at radius 3 is 1.85 bits per heavy atom. The van der Waals surface area contributed by atoms with Gasteiger partial charge in [-0.25, -0.2) is 0 Å². The third-order valence-corrected chi connectivity index (χ3v) is 10.5. The van der Waals surface area contributed by atoms with E-state index in [0.29, 0.717) is 0 Å². The molecule has 8 rings (SSSR count). The van der Waals surface area contributed by atoms with Crippen molar-refractivity contribution in [3.05, 3.63) is 213 Å². The predicted octanol–water partition coefficient (Wildman–Crippen LogP) is 3.00. The molecule has 0 aromatic heterocycles. The number of hydrogen-bond acceptors (Lipinski definition) is 0. The van der Waals surface area contributed by atoms with Crippen LogP contribution in [-0.4, -0.2) is 3.21 Å².